The number of nitrogens with one attached hydrogen (secondary N) is 2. The van der Waals surface area contributed by atoms with Crippen LogP contribution in [-0.4, -0.2) is 85.2 Å². The molecule has 0 aromatic heterocycles. The van der Waals surface area contributed by atoms with Crippen molar-refractivity contribution in [3.8, 4) is 11.5 Å². The second kappa shape index (κ2) is 11.6. The molecule has 0 saturated carbocycles. The highest BCUT2D eigenvalue weighted by Gasteiger charge is 2.24. The fourth-order valence-corrected chi connectivity index (χ4v) is 3.09. The van der Waals surface area contributed by atoms with E-state index in [1.807, 2.05) is 12.1 Å². The van der Waals surface area contributed by atoms with Gasteiger partial charge in [-0.2, -0.15) is 0 Å². The molecule has 1 unspecified atom stereocenters. The molecule has 1 aromatic carbocycles. The van der Waals surface area contributed by atoms with E-state index in [4.69, 9.17) is 18.9 Å². The molecule has 1 heterocycles. The molecule has 8 nitrogen and oxygen atoms in total. The van der Waals surface area contributed by atoms with Crippen molar-refractivity contribution < 1.29 is 18.9 Å². The number of methoxy groups -OCH3 is 3. The first-order chi connectivity index (χ1) is 13.2. The largest absolute Gasteiger partial charge is 0.493 e. The van der Waals surface area contributed by atoms with Crippen molar-refractivity contribution in [2.75, 3.05) is 74.4 Å². The Bertz CT molecular complexity index is 591. The Morgan fingerprint density at radius 3 is 2.52 bits per heavy atom. The summed E-state index contributed by atoms with van der Waals surface area (Å²) < 4.78 is 21.5. The van der Waals surface area contributed by atoms with E-state index in [2.05, 4.69) is 26.6 Å². The van der Waals surface area contributed by atoms with Gasteiger partial charge in [0.25, 0.3) is 0 Å². The van der Waals surface area contributed by atoms with Gasteiger partial charge in [0.15, 0.2) is 17.5 Å². The molecule has 2 rings (SSSR count). The number of guanidine groups is 1. The van der Waals surface area contributed by atoms with Gasteiger partial charge < -0.3 is 29.6 Å². The third kappa shape index (κ3) is 6.27. The minimum absolute atomic E-state index is 0.162. The van der Waals surface area contributed by atoms with Gasteiger partial charge in [0.05, 0.1) is 40.1 Å². The second-order valence-corrected chi connectivity index (χ2v) is 6.15. The number of benzene rings is 1. The molecule has 152 valence electrons. The van der Waals surface area contributed by atoms with Gasteiger partial charge >= 0.3 is 0 Å². The summed E-state index contributed by atoms with van der Waals surface area (Å²) in [5.74, 6) is 2.22. The molecule has 1 fully saturated rings. The minimum atomic E-state index is 0.162. The van der Waals surface area contributed by atoms with E-state index < -0.39 is 0 Å². The highest BCUT2D eigenvalue weighted by Crippen LogP contribution is 2.32. The van der Waals surface area contributed by atoms with Gasteiger partial charge in [-0.1, -0.05) is 6.07 Å². The molecular formula is C19H32N4O4. The Morgan fingerprint density at radius 1 is 1.15 bits per heavy atom. The smallest absolute Gasteiger partial charge is 0.191 e. The van der Waals surface area contributed by atoms with Gasteiger partial charge in [-0.05, 0) is 17.7 Å². The third-order valence-corrected chi connectivity index (χ3v) is 4.56. The molecule has 0 spiro atoms. The summed E-state index contributed by atoms with van der Waals surface area (Å²) in [6.07, 6.45) is 0. The van der Waals surface area contributed by atoms with E-state index in [-0.39, 0.29) is 6.04 Å². The Morgan fingerprint density at radius 2 is 1.89 bits per heavy atom. The molecule has 1 aliphatic heterocycles. The number of morpholine rings is 1. The van der Waals surface area contributed by atoms with E-state index in [1.54, 1.807) is 28.4 Å². The van der Waals surface area contributed by atoms with Crippen molar-refractivity contribution >= 4 is 5.96 Å². The Kier molecular flexibility index (Phi) is 9.17. The Balaban J connectivity index is 2.14. The first-order valence-corrected chi connectivity index (χ1v) is 9.20. The number of nitrogens with zero attached hydrogens (tertiary/aromatic N) is 2. The van der Waals surface area contributed by atoms with Crippen LogP contribution in [0.25, 0.3) is 0 Å². The fourth-order valence-electron chi connectivity index (χ4n) is 3.09. The van der Waals surface area contributed by atoms with Gasteiger partial charge in [-0.15, -0.1) is 0 Å². The molecule has 1 atom stereocenters. The molecule has 0 aliphatic carbocycles. The number of aliphatic imine (C=N–C) groups is 1. The van der Waals surface area contributed by atoms with Gasteiger partial charge in [0.2, 0.25) is 0 Å². The summed E-state index contributed by atoms with van der Waals surface area (Å²) in [4.78, 5) is 6.70. The molecule has 1 aliphatic rings. The van der Waals surface area contributed by atoms with Crippen molar-refractivity contribution in [1.29, 1.82) is 0 Å². The molecule has 27 heavy (non-hydrogen) atoms. The van der Waals surface area contributed by atoms with Crippen LogP contribution in [0.1, 0.15) is 11.6 Å². The molecule has 0 radical (unpaired) electrons. The second-order valence-electron chi connectivity index (χ2n) is 6.15. The van der Waals surface area contributed by atoms with E-state index in [9.17, 15) is 0 Å². The zero-order valence-corrected chi connectivity index (χ0v) is 16.8. The van der Waals surface area contributed by atoms with Crippen LogP contribution in [0, 0.1) is 0 Å². The summed E-state index contributed by atoms with van der Waals surface area (Å²) in [6.45, 7) is 5.29. The standard InChI is InChI=1S/C19H32N4O4/c1-20-19(21-7-10-24-2)22-14-16(23-8-11-27-12-9-23)15-5-6-17(25-3)18(13-15)26-4/h5-6,13,16H,7-12,14H2,1-4H3,(H2,20,21,22). The van der Waals surface area contributed by atoms with E-state index in [1.165, 1.54) is 0 Å². The lowest BCUT2D eigenvalue weighted by atomic mass is 10.0. The van der Waals surface area contributed by atoms with Gasteiger partial charge in [0.1, 0.15) is 0 Å². The van der Waals surface area contributed by atoms with Crippen LogP contribution < -0.4 is 20.1 Å². The quantitative estimate of drug-likeness (QED) is 0.374. The highest BCUT2D eigenvalue weighted by atomic mass is 16.5. The zero-order chi connectivity index (χ0) is 19.5. The van der Waals surface area contributed by atoms with Gasteiger partial charge in [0, 0.05) is 40.3 Å². The maximum Gasteiger partial charge on any atom is 0.191 e. The maximum atomic E-state index is 5.52. The van der Waals surface area contributed by atoms with Crippen LogP contribution in [0.4, 0.5) is 0 Å². The van der Waals surface area contributed by atoms with Crippen molar-refractivity contribution in [2.24, 2.45) is 4.99 Å². The maximum absolute atomic E-state index is 5.52. The van der Waals surface area contributed by atoms with Gasteiger partial charge in [-0.3, -0.25) is 9.89 Å². The van der Waals surface area contributed by atoms with Crippen LogP contribution in [-0.2, 0) is 9.47 Å². The average Bonchev–Trinajstić information content (AvgIpc) is 2.73. The zero-order valence-electron chi connectivity index (χ0n) is 16.8. The molecule has 2 N–H and O–H groups in total. The lowest BCUT2D eigenvalue weighted by Crippen LogP contribution is -2.46. The molecular weight excluding hydrogens is 348 g/mol. The molecule has 1 aromatic rings. The summed E-state index contributed by atoms with van der Waals surface area (Å²) in [7, 11) is 6.76. The normalized spacial score (nSPS) is 16.7. The first kappa shape index (κ1) is 21.3. The van der Waals surface area contributed by atoms with Crippen molar-refractivity contribution in [3.63, 3.8) is 0 Å². The van der Waals surface area contributed by atoms with Crippen LogP contribution in [0.5, 0.6) is 11.5 Å². The van der Waals surface area contributed by atoms with Gasteiger partial charge in [-0.25, -0.2) is 0 Å². The SMILES string of the molecule is CN=C(NCCOC)NCC(c1ccc(OC)c(OC)c1)N1CCOCC1. The van der Waals surface area contributed by atoms with Crippen LogP contribution in [0.15, 0.2) is 23.2 Å². The summed E-state index contributed by atoms with van der Waals surface area (Å²) in [6, 6.07) is 6.24. The van der Waals surface area contributed by atoms with Crippen molar-refractivity contribution in [3.05, 3.63) is 23.8 Å². The van der Waals surface area contributed by atoms with E-state index in [0.717, 1.165) is 49.3 Å². The molecule has 8 heteroatoms. The number of rotatable bonds is 9. The summed E-state index contributed by atoms with van der Waals surface area (Å²) in [5.41, 5.74) is 1.16. The van der Waals surface area contributed by atoms with Crippen LogP contribution in [0.2, 0.25) is 0 Å². The molecule has 0 bridgehead atoms. The van der Waals surface area contributed by atoms with Crippen LogP contribution >= 0.6 is 0 Å². The molecule has 1 saturated heterocycles. The average molecular weight is 380 g/mol. The lowest BCUT2D eigenvalue weighted by molar-refractivity contribution is 0.0169. The van der Waals surface area contributed by atoms with E-state index >= 15 is 0 Å². The number of hydrogen-bond donors (Lipinski definition) is 2. The van der Waals surface area contributed by atoms with Crippen molar-refractivity contribution in [2.45, 2.75) is 6.04 Å². The summed E-state index contributed by atoms with van der Waals surface area (Å²) >= 11 is 0. The monoisotopic (exact) mass is 380 g/mol. The fraction of sp³-hybridized carbons (Fsp3) is 0.632. The van der Waals surface area contributed by atoms with E-state index in [0.29, 0.717) is 19.7 Å². The topological polar surface area (TPSA) is 76.6 Å². The highest BCUT2D eigenvalue weighted by molar-refractivity contribution is 5.79. The predicted molar refractivity (Wildman–Crippen MR) is 106 cm³/mol. The number of ether oxygens (including phenoxy) is 4. The minimum Gasteiger partial charge on any atom is -0.493 e. The summed E-state index contributed by atoms with van der Waals surface area (Å²) in [5, 5.41) is 6.67. The Labute approximate surface area is 161 Å². The number of hydrogen-bond acceptors (Lipinski definition) is 6. The van der Waals surface area contributed by atoms with Crippen LogP contribution in [0.3, 0.4) is 0 Å². The predicted octanol–water partition coefficient (Wildman–Crippen LogP) is 0.889. The van der Waals surface area contributed by atoms with Crippen molar-refractivity contribution in [1.82, 2.24) is 15.5 Å². The first-order valence-electron chi connectivity index (χ1n) is 9.20. The lowest BCUT2D eigenvalue weighted by Gasteiger charge is -2.35. The molecule has 0 amide bonds. The third-order valence-electron chi connectivity index (χ3n) is 4.56. The Hall–Kier alpha value is -2.03.